The number of methoxy groups -OCH3 is 2. The molecule has 7 heteroatoms. The van der Waals surface area contributed by atoms with Gasteiger partial charge >= 0.3 is 5.97 Å². The largest absolute Gasteiger partial charge is 0.496 e. The van der Waals surface area contributed by atoms with Crippen LogP contribution in [0.25, 0.3) is 0 Å². The number of benzene rings is 1. The minimum absolute atomic E-state index is 0.0156. The molecule has 1 aliphatic heterocycles. The molecule has 0 aliphatic carbocycles. The van der Waals surface area contributed by atoms with Crippen LogP contribution in [0.5, 0.6) is 5.75 Å². The number of hydrogen-bond donors (Lipinski definition) is 0. The summed E-state index contributed by atoms with van der Waals surface area (Å²) in [5.41, 5.74) is 0.731. The van der Waals surface area contributed by atoms with Gasteiger partial charge < -0.3 is 9.47 Å². The molecule has 1 aromatic rings. The molecular formula is C14H18N2O5. The van der Waals surface area contributed by atoms with Gasteiger partial charge in [0.25, 0.3) is 5.69 Å². The van der Waals surface area contributed by atoms with Crippen molar-refractivity contribution in [2.45, 2.75) is 25.4 Å². The van der Waals surface area contributed by atoms with Gasteiger partial charge in [0.2, 0.25) is 0 Å². The monoisotopic (exact) mass is 294 g/mol. The van der Waals surface area contributed by atoms with E-state index in [1.54, 1.807) is 6.07 Å². The molecule has 21 heavy (non-hydrogen) atoms. The summed E-state index contributed by atoms with van der Waals surface area (Å²) in [7, 11) is 2.84. The van der Waals surface area contributed by atoms with Crippen LogP contribution in [0.2, 0.25) is 0 Å². The van der Waals surface area contributed by atoms with E-state index in [1.165, 1.54) is 26.4 Å². The van der Waals surface area contributed by atoms with Gasteiger partial charge in [0.1, 0.15) is 11.8 Å². The van der Waals surface area contributed by atoms with Gasteiger partial charge in [-0.3, -0.25) is 19.8 Å². The fourth-order valence-electron chi connectivity index (χ4n) is 2.61. The van der Waals surface area contributed by atoms with Crippen LogP contribution in [-0.2, 0) is 16.1 Å². The Morgan fingerprint density at radius 3 is 2.81 bits per heavy atom. The van der Waals surface area contributed by atoms with E-state index in [0.717, 1.165) is 24.9 Å². The van der Waals surface area contributed by atoms with E-state index in [-0.39, 0.29) is 17.7 Å². The van der Waals surface area contributed by atoms with Crippen molar-refractivity contribution in [2.75, 3.05) is 20.8 Å². The predicted octanol–water partition coefficient (Wildman–Crippen LogP) is 1.74. The molecule has 1 unspecified atom stereocenters. The van der Waals surface area contributed by atoms with E-state index in [4.69, 9.17) is 9.47 Å². The summed E-state index contributed by atoms with van der Waals surface area (Å²) in [4.78, 5) is 24.2. The maximum Gasteiger partial charge on any atom is 0.323 e. The van der Waals surface area contributed by atoms with E-state index in [1.807, 2.05) is 4.90 Å². The Morgan fingerprint density at radius 1 is 1.43 bits per heavy atom. The third kappa shape index (κ3) is 3.49. The minimum atomic E-state index is -0.451. The topological polar surface area (TPSA) is 81.9 Å². The van der Waals surface area contributed by atoms with Crippen LogP contribution < -0.4 is 4.74 Å². The van der Waals surface area contributed by atoms with E-state index in [9.17, 15) is 14.9 Å². The number of hydrogen-bond acceptors (Lipinski definition) is 6. The number of non-ortho nitro benzene ring substituents is 1. The second kappa shape index (κ2) is 6.53. The lowest BCUT2D eigenvalue weighted by Gasteiger charge is -2.22. The molecule has 1 atom stereocenters. The van der Waals surface area contributed by atoms with Crippen LogP contribution >= 0.6 is 0 Å². The summed E-state index contributed by atoms with van der Waals surface area (Å²) in [6.45, 7) is 1.22. The van der Waals surface area contributed by atoms with Crippen LogP contribution in [-0.4, -0.2) is 42.6 Å². The average Bonchev–Trinajstić information content (AvgIpc) is 2.94. The Morgan fingerprint density at radius 2 is 2.19 bits per heavy atom. The fraction of sp³-hybridized carbons (Fsp3) is 0.500. The number of nitrogens with zero attached hydrogens (tertiary/aromatic N) is 2. The van der Waals surface area contributed by atoms with E-state index in [0.29, 0.717) is 12.3 Å². The molecule has 0 radical (unpaired) electrons. The number of nitro groups is 1. The summed E-state index contributed by atoms with van der Waals surface area (Å²) in [5, 5.41) is 10.9. The quantitative estimate of drug-likeness (QED) is 0.467. The van der Waals surface area contributed by atoms with Gasteiger partial charge in [-0.15, -0.1) is 0 Å². The first-order valence-electron chi connectivity index (χ1n) is 6.69. The maximum absolute atomic E-state index is 11.7. The number of ether oxygens (including phenoxy) is 2. The number of nitro benzene ring substituents is 1. The molecule has 0 aromatic heterocycles. The Balaban J connectivity index is 2.20. The molecule has 2 rings (SSSR count). The van der Waals surface area contributed by atoms with Crippen molar-refractivity contribution in [3.8, 4) is 5.75 Å². The van der Waals surface area contributed by atoms with Crippen LogP contribution in [0, 0.1) is 10.1 Å². The Bertz CT molecular complexity index is 546. The number of likely N-dealkylation sites (tertiary alicyclic amines) is 1. The molecule has 7 nitrogen and oxygen atoms in total. The zero-order valence-corrected chi connectivity index (χ0v) is 12.1. The lowest BCUT2D eigenvalue weighted by molar-refractivity contribution is -0.385. The molecule has 1 saturated heterocycles. The van der Waals surface area contributed by atoms with Gasteiger partial charge in [-0.05, 0) is 31.0 Å². The third-order valence-corrected chi connectivity index (χ3v) is 3.62. The highest BCUT2D eigenvalue weighted by atomic mass is 16.6. The standard InChI is InChI=1S/C14H18N2O5/c1-20-12-7-10(6-11(8-12)16(18)19)9-15-5-3-4-13(15)14(17)21-2/h6-8,13H,3-5,9H2,1-2H3. The molecule has 1 aromatic carbocycles. The molecule has 114 valence electrons. The van der Waals surface area contributed by atoms with Gasteiger partial charge in [0, 0.05) is 12.6 Å². The number of esters is 1. The minimum Gasteiger partial charge on any atom is -0.496 e. The highest BCUT2D eigenvalue weighted by molar-refractivity contribution is 5.76. The van der Waals surface area contributed by atoms with Gasteiger partial charge in [0.05, 0.1) is 25.2 Å². The molecule has 1 aliphatic rings. The van der Waals surface area contributed by atoms with Gasteiger partial charge in [-0.25, -0.2) is 0 Å². The molecule has 0 amide bonds. The van der Waals surface area contributed by atoms with Crippen LogP contribution in [0.4, 0.5) is 5.69 Å². The molecule has 0 N–H and O–H groups in total. The Hall–Kier alpha value is -2.15. The lowest BCUT2D eigenvalue weighted by atomic mass is 10.1. The van der Waals surface area contributed by atoms with Gasteiger partial charge in [0.15, 0.2) is 0 Å². The maximum atomic E-state index is 11.7. The predicted molar refractivity (Wildman–Crippen MR) is 75.1 cm³/mol. The first-order valence-corrected chi connectivity index (χ1v) is 6.69. The normalized spacial score (nSPS) is 18.5. The summed E-state index contributed by atoms with van der Waals surface area (Å²) < 4.78 is 9.89. The Labute approximate surface area is 122 Å². The first-order chi connectivity index (χ1) is 10.0. The summed E-state index contributed by atoms with van der Waals surface area (Å²) >= 11 is 0. The number of carbonyl (C=O) groups is 1. The molecule has 0 spiro atoms. The van der Waals surface area contributed by atoms with Crippen LogP contribution in [0.1, 0.15) is 18.4 Å². The fourth-order valence-corrected chi connectivity index (χ4v) is 2.61. The lowest BCUT2D eigenvalue weighted by Crippen LogP contribution is -2.36. The van der Waals surface area contributed by atoms with Crippen molar-refractivity contribution in [1.82, 2.24) is 4.90 Å². The van der Waals surface area contributed by atoms with Crippen molar-refractivity contribution in [3.63, 3.8) is 0 Å². The van der Waals surface area contributed by atoms with E-state index >= 15 is 0 Å². The summed E-state index contributed by atoms with van der Waals surface area (Å²) in [6, 6.07) is 4.36. The summed E-state index contributed by atoms with van der Waals surface area (Å²) in [6.07, 6.45) is 1.66. The summed E-state index contributed by atoms with van der Waals surface area (Å²) in [5.74, 6) is 0.179. The molecule has 1 fully saturated rings. The van der Waals surface area contributed by atoms with Crippen molar-refractivity contribution in [3.05, 3.63) is 33.9 Å². The third-order valence-electron chi connectivity index (χ3n) is 3.62. The van der Waals surface area contributed by atoms with Crippen molar-refractivity contribution in [1.29, 1.82) is 0 Å². The highest BCUT2D eigenvalue weighted by Crippen LogP contribution is 2.26. The number of rotatable bonds is 5. The van der Waals surface area contributed by atoms with E-state index < -0.39 is 4.92 Å². The molecular weight excluding hydrogens is 276 g/mol. The van der Waals surface area contributed by atoms with E-state index in [2.05, 4.69) is 0 Å². The zero-order valence-electron chi connectivity index (χ0n) is 12.1. The first kappa shape index (κ1) is 15.2. The SMILES string of the molecule is COC(=O)C1CCCN1Cc1cc(OC)cc([N+](=O)[O-])c1. The van der Waals surface area contributed by atoms with Crippen molar-refractivity contribution in [2.24, 2.45) is 0 Å². The second-order valence-corrected chi connectivity index (χ2v) is 4.95. The average molecular weight is 294 g/mol. The van der Waals surface area contributed by atoms with Crippen LogP contribution in [0.15, 0.2) is 18.2 Å². The van der Waals surface area contributed by atoms with Crippen LogP contribution in [0.3, 0.4) is 0 Å². The number of carbonyl (C=O) groups excluding carboxylic acids is 1. The van der Waals surface area contributed by atoms with Gasteiger partial charge in [-0.2, -0.15) is 0 Å². The Kier molecular flexibility index (Phi) is 4.74. The molecule has 1 heterocycles. The second-order valence-electron chi connectivity index (χ2n) is 4.95. The molecule has 0 bridgehead atoms. The zero-order chi connectivity index (χ0) is 15.4. The highest BCUT2D eigenvalue weighted by Gasteiger charge is 2.31. The van der Waals surface area contributed by atoms with Gasteiger partial charge in [-0.1, -0.05) is 0 Å². The molecule has 0 saturated carbocycles. The van der Waals surface area contributed by atoms with Crippen molar-refractivity contribution < 1.29 is 19.2 Å². The smallest absolute Gasteiger partial charge is 0.323 e. The van der Waals surface area contributed by atoms with Crippen molar-refractivity contribution >= 4 is 11.7 Å².